The van der Waals surface area contributed by atoms with Crippen molar-refractivity contribution in [2.24, 2.45) is 5.73 Å². The summed E-state index contributed by atoms with van der Waals surface area (Å²) in [6, 6.07) is 3.84. The average Bonchev–Trinajstić information content (AvgIpc) is 2.98. The standard InChI is InChI=1S/C17H14BrF2N3O3S/c1-2-25-11-7-9-17(23-15(11)18)27-12(22-9)5-6-26-10-4-3-8(19)13(14(10)20)16(21)24/h3-4,7H,2,5-6H2,1H3,(H2,21,24). The number of aromatic nitrogens is 2. The van der Waals surface area contributed by atoms with Gasteiger partial charge in [0.1, 0.15) is 26.3 Å². The van der Waals surface area contributed by atoms with Gasteiger partial charge in [-0.1, -0.05) is 11.3 Å². The Bertz CT molecular complexity index is 1010. The SMILES string of the molecule is CCOc1cc2nc(CCOc3ccc(F)c(C(N)=O)c3F)sc2nc1Br. The van der Waals surface area contributed by atoms with Crippen molar-refractivity contribution in [2.75, 3.05) is 13.2 Å². The van der Waals surface area contributed by atoms with Crippen molar-refractivity contribution in [3.63, 3.8) is 0 Å². The number of benzene rings is 1. The van der Waals surface area contributed by atoms with E-state index in [1.165, 1.54) is 11.3 Å². The van der Waals surface area contributed by atoms with Crippen LogP contribution in [0.1, 0.15) is 22.3 Å². The Balaban J connectivity index is 1.72. The van der Waals surface area contributed by atoms with Crippen LogP contribution < -0.4 is 15.2 Å². The van der Waals surface area contributed by atoms with E-state index < -0.39 is 23.1 Å². The molecule has 1 amide bonds. The van der Waals surface area contributed by atoms with Gasteiger partial charge >= 0.3 is 0 Å². The zero-order valence-electron chi connectivity index (χ0n) is 14.1. The Kier molecular flexibility index (Phi) is 5.85. The average molecular weight is 458 g/mol. The van der Waals surface area contributed by atoms with E-state index in [9.17, 15) is 13.6 Å². The van der Waals surface area contributed by atoms with Crippen LogP contribution in [0.15, 0.2) is 22.8 Å². The lowest BCUT2D eigenvalue weighted by Crippen LogP contribution is -2.16. The number of primary amides is 1. The summed E-state index contributed by atoms with van der Waals surface area (Å²) in [5.74, 6) is -2.97. The highest BCUT2D eigenvalue weighted by Crippen LogP contribution is 2.30. The molecular formula is C17H14BrF2N3O3S. The Labute approximate surface area is 165 Å². The molecule has 3 rings (SSSR count). The second-order valence-electron chi connectivity index (χ2n) is 5.34. The van der Waals surface area contributed by atoms with Crippen molar-refractivity contribution in [1.29, 1.82) is 0 Å². The molecular weight excluding hydrogens is 444 g/mol. The molecule has 0 saturated carbocycles. The van der Waals surface area contributed by atoms with Crippen LogP contribution in [0.25, 0.3) is 10.3 Å². The van der Waals surface area contributed by atoms with Gasteiger partial charge in [0.2, 0.25) is 0 Å². The molecule has 0 bridgehead atoms. The quantitative estimate of drug-likeness (QED) is 0.544. The fourth-order valence-electron chi connectivity index (χ4n) is 2.35. The van der Waals surface area contributed by atoms with Crippen LogP contribution in [0.5, 0.6) is 11.5 Å². The molecule has 0 fully saturated rings. The molecule has 6 nitrogen and oxygen atoms in total. The summed E-state index contributed by atoms with van der Waals surface area (Å²) in [5.41, 5.74) is 4.86. The van der Waals surface area contributed by atoms with E-state index in [2.05, 4.69) is 25.9 Å². The number of hydrogen-bond acceptors (Lipinski definition) is 6. The molecule has 0 radical (unpaired) electrons. The van der Waals surface area contributed by atoms with Crippen LogP contribution >= 0.6 is 27.3 Å². The van der Waals surface area contributed by atoms with Crippen LogP contribution in [0.4, 0.5) is 8.78 Å². The molecule has 27 heavy (non-hydrogen) atoms. The number of amides is 1. The van der Waals surface area contributed by atoms with Gasteiger partial charge in [0.25, 0.3) is 5.91 Å². The summed E-state index contributed by atoms with van der Waals surface area (Å²) in [6.45, 7) is 2.46. The first-order valence-corrected chi connectivity index (χ1v) is 9.51. The highest BCUT2D eigenvalue weighted by atomic mass is 79.9. The topological polar surface area (TPSA) is 87.3 Å². The Morgan fingerprint density at radius 1 is 1.26 bits per heavy atom. The minimum atomic E-state index is -1.19. The molecule has 0 atom stereocenters. The van der Waals surface area contributed by atoms with Crippen molar-refractivity contribution < 1.29 is 23.0 Å². The molecule has 0 aliphatic carbocycles. The molecule has 0 spiro atoms. The van der Waals surface area contributed by atoms with E-state index in [4.69, 9.17) is 15.2 Å². The number of thiazole rings is 1. The highest BCUT2D eigenvalue weighted by molar-refractivity contribution is 9.10. The maximum atomic E-state index is 14.1. The molecule has 0 saturated heterocycles. The van der Waals surface area contributed by atoms with Crippen molar-refractivity contribution in [2.45, 2.75) is 13.3 Å². The number of halogens is 3. The summed E-state index contributed by atoms with van der Waals surface area (Å²) in [6.07, 6.45) is 0.380. The zero-order chi connectivity index (χ0) is 19.6. The molecule has 0 aliphatic rings. The van der Waals surface area contributed by atoms with Crippen molar-refractivity contribution in [3.05, 3.63) is 45.0 Å². The fraction of sp³-hybridized carbons (Fsp3) is 0.235. The monoisotopic (exact) mass is 457 g/mol. The summed E-state index contributed by atoms with van der Waals surface area (Å²) < 4.78 is 39.0. The van der Waals surface area contributed by atoms with Crippen molar-refractivity contribution in [1.82, 2.24) is 9.97 Å². The number of carbonyl (C=O) groups is 1. The normalized spacial score (nSPS) is 11.0. The van der Waals surface area contributed by atoms with Gasteiger partial charge in [0.15, 0.2) is 17.3 Å². The maximum absolute atomic E-state index is 14.1. The third kappa shape index (κ3) is 4.16. The van der Waals surface area contributed by atoms with Crippen LogP contribution in [-0.4, -0.2) is 29.1 Å². The predicted octanol–water partition coefficient (Wildman–Crippen LogP) is 3.85. The van der Waals surface area contributed by atoms with Crippen molar-refractivity contribution in [3.8, 4) is 11.5 Å². The molecule has 10 heteroatoms. The highest BCUT2D eigenvalue weighted by Gasteiger charge is 2.19. The zero-order valence-corrected chi connectivity index (χ0v) is 16.5. The number of carbonyl (C=O) groups excluding carboxylic acids is 1. The van der Waals surface area contributed by atoms with Crippen LogP contribution in [0.2, 0.25) is 0 Å². The Morgan fingerprint density at radius 3 is 2.74 bits per heavy atom. The summed E-state index contributed by atoms with van der Waals surface area (Å²) >= 11 is 4.72. The van der Waals surface area contributed by atoms with Crippen LogP contribution in [-0.2, 0) is 6.42 Å². The first-order valence-electron chi connectivity index (χ1n) is 7.90. The predicted molar refractivity (Wildman–Crippen MR) is 100 cm³/mol. The third-order valence-electron chi connectivity index (χ3n) is 3.53. The summed E-state index contributed by atoms with van der Waals surface area (Å²) in [5, 5.41) is 0.732. The second-order valence-corrected chi connectivity index (χ2v) is 7.15. The van der Waals surface area contributed by atoms with Gasteiger partial charge in [-0.05, 0) is 35.0 Å². The maximum Gasteiger partial charge on any atom is 0.254 e. The fourth-order valence-corrected chi connectivity index (χ4v) is 3.78. The number of nitrogens with two attached hydrogens (primary N) is 1. The first kappa shape index (κ1) is 19.4. The Morgan fingerprint density at radius 2 is 2.04 bits per heavy atom. The molecule has 2 N–H and O–H groups in total. The molecule has 0 aliphatic heterocycles. The minimum absolute atomic E-state index is 0.0834. The smallest absolute Gasteiger partial charge is 0.254 e. The number of rotatable bonds is 7. The van der Waals surface area contributed by atoms with Crippen molar-refractivity contribution >= 4 is 43.5 Å². The largest absolute Gasteiger partial charge is 0.491 e. The summed E-state index contributed by atoms with van der Waals surface area (Å²) in [4.78, 5) is 20.7. The number of fused-ring (bicyclic) bond motifs is 1. The lowest BCUT2D eigenvalue weighted by molar-refractivity contribution is 0.0991. The lowest BCUT2D eigenvalue weighted by Gasteiger charge is -2.08. The molecule has 3 aromatic rings. The molecule has 142 valence electrons. The number of pyridine rings is 1. The van der Waals surface area contributed by atoms with Gasteiger partial charge in [0, 0.05) is 12.5 Å². The van der Waals surface area contributed by atoms with E-state index in [1.54, 1.807) is 6.07 Å². The number of nitrogens with zero attached hydrogens (tertiary/aromatic N) is 2. The molecule has 0 unspecified atom stereocenters. The van der Waals surface area contributed by atoms with E-state index in [-0.39, 0.29) is 12.4 Å². The number of hydrogen-bond donors (Lipinski definition) is 1. The van der Waals surface area contributed by atoms with E-state index in [1.807, 2.05) is 6.92 Å². The first-order chi connectivity index (χ1) is 12.9. The molecule has 2 aromatic heterocycles. The van der Waals surface area contributed by atoms with E-state index in [0.717, 1.165) is 22.0 Å². The van der Waals surface area contributed by atoms with Crippen LogP contribution in [0.3, 0.4) is 0 Å². The van der Waals surface area contributed by atoms with Crippen LogP contribution in [0, 0.1) is 11.6 Å². The van der Waals surface area contributed by atoms with Gasteiger partial charge in [-0.15, -0.1) is 0 Å². The van der Waals surface area contributed by atoms with Gasteiger partial charge in [-0.2, -0.15) is 0 Å². The van der Waals surface area contributed by atoms with Gasteiger partial charge < -0.3 is 15.2 Å². The number of ether oxygens (including phenoxy) is 2. The van der Waals surface area contributed by atoms with Gasteiger partial charge in [0.05, 0.1) is 18.2 Å². The van der Waals surface area contributed by atoms with Gasteiger partial charge in [-0.25, -0.2) is 18.7 Å². The second kappa shape index (κ2) is 8.13. The summed E-state index contributed by atoms with van der Waals surface area (Å²) in [7, 11) is 0. The minimum Gasteiger partial charge on any atom is -0.491 e. The third-order valence-corrected chi connectivity index (χ3v) is 5.12. The van der Waals surface area contributed by atoms with Gasteiger partial charge in [-0.3, -0.25) is 4.79 Å². The lowest BCUT2D eigenvalue weighted by atomic mass is 10.1. The molecule has 2 heterocycles. The van der Waals surface area contributed by atoms with E-state index in [0.29, 0.717) is 28.9 Å². The molecule has 1 aromatic carbocycles. The van der Waals surface area contributed by atoms with E-state index >= 15 is 0 Å². The Hall–Kier alpha value is -2.33.